The van der Waals surface area contributed by atoms with Gasteiger partial charge < -0.3 is 14.6 Å². The summed E-state index contributed by atoms with van der Waals surface area (Å²) in [5.74, 6) is 0.831. The van der Waals surface area contributed by atoms with Crippen LogP contribution in [-0.2, 0) is 17.7 Å². The Hall–Kier alpha value is -2.73. The van der Waals surface area contributed by atoms with Crippen LogP contribution in [0.1, 0.15) is 23.1 Å². The Bertz CT molecular complexity index is 830. The summed E-state index contributed by atoms with van der Waals surface area (Å²) in [7, 11) is 0. The third kappa shape index (κ3) is 4.22. The summed E-state index contributed by atoms with van der Waals surface area (Å²) in [6, 6.07) is 11.6. The number of carbonyl (C=O) groups is 1. The predicted octanol–water partition coefficient (Wildman–Crippen LogP) is 2.44. The van der Waals surface area contributed by atoms with Crippen molar-refractivity contribution in [1.29, 1.82) is 0 Å². The molecule has 0 aliphatic rings. The van der Waals surface area contributed by atoms with Crippen molar-refractivity contribution in [1.82, 2.24) is 19.9 Å². The van der Waals surface area contributed by atoms with E-state index < -0.39 is 0 Å². The fraction of sp³-hybridized carbons (Fsp3) is 0.316. The first-order chi connectivity index (χ1) is 12.3. The molecular formula is C19H22N4O2. The van der Waals surface area contributed by atoms with Crippen LogP contribution in [0.2, 0.25) is 0 Å². The number of rotatable bonds is 8. The van der Waals surface area contributed by atoms with Crippen molar-refractivity contribution < 1.29 is 9.53 Å². The molecule has 0 saturated carbocycles. The summed E-state index contributed by atoms with van der Waals surface area (Å²) >= 11 is 0. The lowest BCUT2D eigenvalue weighted by atomic mass is 10.2. The van der Waals surface area contributed by atoms with Crippen molar-refractivity contribution in [2.24, 2.45) is 0 Å². The lowest BCUT2D eigenvalue weighted by Crippen LogP contribution is -2.26. The van der Waals surface area contributed by atoms with Crippen LogP contribution in [0, 0.1) is 0 Å². The highest BCUT2D eigenvalue weighted by Crippen LogP contribution is 2.16. The molecule has 0 spiro atoms. The molecule has 1 aromatic carbocycles. The second-order valence-electron chi connectivity index (χ2n) is 5.61. The Balaban J connectivity index is 1.68. The standard InChI is InChI=1S/C19H22N4O2/c1-2-25-13-12-23-17-8-4-3-7-16(17)22-18(23)9-11-21-19(24)15-6-5-10-20-14-15/h3-8,10,14H,2,9,11-13H2,1H3,(H,21,24). The van der Waals surface area contributed by atoms with Crippen LogP contribution in [0.5, 0.6) is 0 Å². The van der Waals surface area contributed by atoms with Gasteiger partial charge >= 0.3 is 0 Å². The molecule has 0 aliphatic heterocycles. The van der Waals surface area contributed by atoms with Crippen LogP contribution in [0.4, 0.5) is 0 Å². The number of hydrogen-bond acceptors (Lipinski definition) is 4. The first-order valence-corrected chi connectivity index (χ1v) is 8.49. The van der Waals surface area contributed by atoms with Gasteiger partial charge in [0.2, 0.25) is 0 Å². The number of nitrogens with one attached hydrogen (secondary N) is 1. The number of amides is 1. The van der Waals surface area contributed by atoms with Crippen LogP contribution in [0.15, 0.2) is 48.8 Å². The van der Waals surface area contributed by atoms with E-state index in [1.807, 2.05) is 25.1 Å². The summed E-state index contributed by atoms with van der Waals surface area (Å²) in [4.78, 5) is 20.8. The van der Waals surface area contributed by atoms with Crippen molar-refractivity contribution in [2.45, 2.75) is 19.9 Å². The van der Waals surface area contributed by atoms with E-state index in [1.165, 1.54) is 0 Å². The van der Waals surface area contributed by atoms with E-state index in [-0.39, 0.29) is 5.91 Å². The molecule has 3 rings (SSSR count). The average Bonchev–Trinajstić information content (AvgIpc) is 3.00. The Labute approximate surface area is 146 Å². The summed E-state index contributed by atoms with van der Waals surface area (Å²) in [5.41, 5.74) is 2.62. The van der Waals surface area contributed by atoms with E-state index in [0.717, 1.165) is 23.4 Å². The van der Waals surface area contributed by atoms with Crippen molar-refractivity contribution in [3.63, 3.8) is 0 Å². The molecule has 6 nitrogen and oxygen atoms in total. The lowest BCUT2D eigenvalue weighted by molar-refractivity contribution is 0.0953. The van der Waals surface area contributed by atoms with E-state index in [2.05, 4.69) is 20.9 Å². The maximum atomic E-state index is 12.1. The highest BCUT2D eigenvalue weighted by atomic mass is 16.5. The molecule has 0 saturated heterocycles. The second kappa shape index (κ2) is 8.39. The number of ether oxygens (including phenoxy) is 1. The highest BCUT2D eigenvalue weighted by molar-refractivity contribution is 5.93. The van der Waals surface area contributed by atoms with Crippen molar-refractivity contribution in [3.8, 4) is 0 Å². The molecular weight excluding hydrogens is 316 g/mol. The largest absolute Gasteiger partial charge is 0.380 e. The third-order valence-corrected chi connectivity index (χ3v) is 3.95. The summed E-state index contributed by atoms with van der Waals surface area (Å²) < 4.78 is 7.65. The highest BCUT2D eigenvalue weighted by Gasteiger charge is 2.11. The summed E-state index contributed by atoms with van der Waals surface area (Å²) in [5, 5.41) is 2.92. The Morgan fingerprint density at radius 3 is 2.92 bits per heavy atom. The van der Waals surface area contributed by atoms with Crippen LogP contribution < -0.4 is 5.32 Å². The number of nitrogens with zero attached hydrogens (tertiary/aromatic N) is 3. The lowest BCUT2D eigenvalue weighted by Gasteiger charge is -2.10. The number of imidazole rings is 1. The van der Waals surface area contributed by atoms with Gasteiger partial charge in [0, 0.05) is 38.5 Å². The Morgan fingerprint density at radius 2 is 2.12 bits per heavy atom. The van der Waals surface area contributed by atoms with Gasteiger partial charge in [0.05, 0.1) is 23.2 Å². The molecule has 0 unspecified atom stereocenters. The van der Waals surface area contributed by atoms with Gasteiger partial charge in [-0.05, 0) is 31.2 Å². The molecule has 0 aliphatic carbocycles. The zero-order valence-electron chi connectivity index (χ0n) is 14.3. The smallest absolute Gasteiger partial charge is 0.252 e. The molecule has 130 valence electrons. The molecule has 0 atom stereocenters. The topological polar surface area (TPSA) is 69.0 Å². The predicted molar refractivity (Wildman–Crippen MR) is 96.5 cm³/mol. The van der Waals surface area contributed by atoms with E-state index >= 15 is 0 Å². The SMILES string of the molecule is CCOCCn1c(CCNC(=O)c2cccnc2)nc2ccccc21. The number of hydrogen-bond donors (Lipinski definition) is 1. The molecule has 0 fully saturated rings. The first kappa shape index (κ1) is 17.1. The van der Waals surface area contributed by atoms with Gasteiger partial charge in [0.15, 0.2) is 0 Å². The van der Waals surface area contributed by atoms with E-state index in [0.29, 0.717) is 31.7 Å². The number of carbonyl (C=O) groups excluding carboxylic acids is 1. The van der Waals surface area contributed by atoms with Gasteiger partial charge in [-0.15, -0.1) is 0 Å². The van der Waals surface area contributed by atoms with Crippen LogP contribution in [0.3, 0.4) is 0 Å². The van der Waals surface area contributed by atoms with Gasteiger partial charge in [0.25, 0.3) is 5.91 Å². The van der Waals surface area contributed by atoms with E-state index in [9.17, 15) is 4.79 Å². The molecule has 2 aromatic heterocycles. The number of benzene rings is 1. The quantitative estimate of drug-likeness (QED) is 0.641. The number of fused-ring (bicyclic) bond motifs is 1. The Morgan fingerprint density at radius 1 is 1.24 bits per heavy atom. The van der Waals surface area contributed by atoms with Gasteiger partial charge in [-0.25, -0.2) is 4.98 Å². The molecule has 6 heteroatoms. The van der Waals surface area contributed by atoms with Crippen molar-refractivity contribution >= 4 is 16.9 Å². The number of pyridine rings is 1. The molecule has 0 bridgehead atoms. The zero-order valence-corrected chi connectivity index (χ0v) is 14.3. The van der Waals surface area contributed by atoms with Crippen molar-refractivity contribution in [3.05, 3.63) is 60.2 Å². The summed E-state index contributed by atoms with van der Waals surface area (Å²) in [6.45, 7) is 4.60. The maximum absolute atomic E-state index is 12.1. The van der Waals surface area contributed by atoms with Gasteiger partial charge in [-0.1, -0.05) is 12.1 Å². The van der Waals surface area contributed by atoms with Crippen molar-refractivity contribution in [2.75, 3.05) is 19.8 Å². The minimum atomic E-state index is -0.120. The molecule has 3 aromatic rings. The normalized spacial score (nSPS) is 10.9. The molecule has 25 heavy (non-hydrogen) atoms. The van der Waals surface area contributed by atoms with Crippen LogP contribution in [-0.4, -0.2) is 40.2 Å². The maximum Gasteiger partial charge on any atom is 0.252 e. The van der Waals surface area contributed by atoms with E-state index in [4.69, 9.17) is 9.72 Å². The fourth-order valence-corrected chi connectivity index (χ4v) is 2.75. The van der Waals surface area contributed by atoms with E-state index in [1.54, 1.807) is 24.5 Å². The fourth-order valence-electron chi connectivity index (χ4n) is 2.75. The van der Waals surface area contributed by atoms with Crippen LogP contribution >= 0.6 is 0 Å². The second-order valence-corrected chi connectivity index (χ2v) is 5.61. The average molecular weight is 338 g/mol. The third-order valence-electron chi connectivity index (χ3n) is 3.95. The minimum Gasteiger partial charge on any atom is -0.380 e. The van der Waals surface area contributed by atoms with Gasteiger partial charge in [-0.2, -0.15) is 0 Å². The number of para-hydroxylation sites is 2. The minimum absolute atomic E-state index is 0.120. The van der Waals surface area contributed by atoms with Gasteiger partial charge in [0.1, 0.15) is 5.82 Å². The zero-order chi connectivity index (χ0) is 17.5. The molecule has 1 amide bonds. The monoisotopic (exact) mass is 338 g/mol. The van der Waals surface area contributed by atoms with Crippen LogP contribution in [0.25, 0.3) is 11.0 Å². The Kier molecular flexibility index (Phi) is 5.74. The molecule has 0 radical (unpaired) electrons. The molecule has 1 N–H and O–H groups in total. The molecule has 2 heterocycles. The number of aromatic nitrogens is 3. The van der Waals surface area contributed by atoms with Gasteiger partial charge in [-0.3, -0.25) is 9.78 Å². The first-order valence-electron chi connectivity index (χ1n) is 8.49. The summed E-state index contributed by atoms with van der Waals surface area (Å²) in [6.07, 6.45) is 3.87.